The van der Waals surface area contributed by atoms with Crippen molar-refractivity contribution in [3.63, 3.8) is 0 Å². The Bertz CT molecular complexity index is 964. The lowest BCUT2D eigenvalue weighted by Gasteiger charge is -2.42. The van der Waals surface area contributed by atoms with Crippen molar-refractivity contribution in [3.8, 4) is 0 Å². The van der Waals surface area contributed by atoms with Crippen LogP contribution in [0, 0.1) is 29.1 Å². The summed E-state index contributed by atoms with van der Waals surface area (Å²) in [6, 6.07) is 7.46. The standard InChI is InChI=1S/C27H38ClN3O3/c1-17(2)21-12-7-18(3)13-23(21)34-25(26(32)33)24(27(4,5)6)22(31-16-29-15-30-31)14-19-8-10-20(28)11-9-19/h8-11,14-18,21,23-25H,7,12-13H2,1-6H3,(H,32,33)/b22-14-. The van der Waals surface area contributed by atoms with E-state index >= 15 is 0 Å². The molecule has 1 N–H and O–H groups in total. The van der Waals surface area contributed by atoms with E-state index in [-0.39, 0.29) is 6.10 Å². The number of rotatable bonds is 8. The second kappa shape index (κ2) is 11.0. The van der Waals surface area contributed by atoms with Crippen LogP contribution in [0.25, 0.3) is 11.8 Å². The third-order valence-electron chi connectivity index (χ3n) is 6.95. The molecule has 0 spiro atoms. The van der Waals surface area contributed by atoms with Gasteiger partial charge in [-0.3, -0.25) is 0 Å². The fourth-order valence-electron chi connectivity index (χ4n) is 5.16. The Hall–Kier alpha value is -2.18. The van der Waals surface area contributed by atoms with Gasteiger partial charge in [0.2, 0.25) is 0 Å². The molecule has 5 unspecified atom stereocenters. The molecule has 1 aliphatic carbocycles. The van der Waals surface area contributed by atoms with E-state index in [1.165, 1.54) is 6.33 Å². The van der Waals surface area contributed by atoms with E-state index in [4.69, 9.17) is 16.3 Å². The predicted octanol–water partition coefficient (Wildman–Crippen LogP) is 6.52. The van der Waals surface area contributed by atoms with Crippen LogP contribution in [-0.4, -0.2) is 38.0 Å². The average molecular weight is 488 g/mol. The minimum atomic E-state index is -1.03. The quantitative estimate of drug-likeness (QED) is 0.458. The largest absolute Gasteiger partial charge is 0.479 e. The number of hydrogen-bond acceptors (Lipinski definition) is 4. The van der Waals surface area contributed by atoms with E-state index in [0.29, 0.717) is 22.8 Å². The Labute approximate surface area is 208 Å². The summed E-state index contributed by atoms with van der Waals surface area (Å²) in [6.07, 6.45) is 7.01. The van der Waals surface area contributed by atoms with E-state index in [1.54, 1.807) is 11.0 Å². The van der Waals surface area contributed by atoms with Crippen LogP contribution in [0.4, 0.5) is 0 Å². The Morgan fingerprint density at radius 2 is 1.91 bits per heavy atom. The van der Waals surface area contributed by atoms with Gasteiger partial charge in [-0.1, -0.05) is 71.7 Å². The number of carbonyl (C=O) groups is 1. The summed E-state index contributed by atoms with van der Waals surface area (Å²) in [5, 5.41) is 15.5. The van der Waals surface area contributed by atoms with E-state index < -0.39 is 23.4 Å². The maximum Gasteiger partial charge on any atom is 0.333 e. The third-order valence-corrected chi connectivity index (χ3v) is 7.20. The SMILES string of the molecule is CC1CCC(C(C)C)C(OC(C(=O)O)C(/C(=C/c2ccc(Cl)cc2)n2cncn2)C(C)(C)C)C1. The molecule has 0 amide bonds. The molecule has 1 fully saturated rings. The van der Waals surface area contributed by atoms with Crippen molar-refractivity contribution in [3.05, 3.63) is 47.5 Å². The molecule has 0 bridgehead atoms. The number of aliphatic carboxylic acids is 1. The molecule has 1 heterocycles. The topological polar surface area (TPSA) is 77.2 Å². The van der Waals surface area contributed by atoms with Crippen molar-refractivity contribution in [2.45, 2.75) is 73.0 Å². The Morgan fingerprint density at radius 3 is 2.44 bits per heavy atom. The average Bonchev–Trinajstić information content (AvgIpc) is 3.27. The van der Waals surface area contributed by atoms with Gasteiger partial charge in [0.15, 0.2) is 6.10 Å². The summed E-state index contributed by atoms with van der Waals surface area (Å²) in [5.41, 5.74) is 1.20. The Balaban J connectivity index is 2.08. The molecule has 1 saturated carbocycles. The van der Waals surface area contributed by atoms with Crippen molar-refractivity contribution in [2.75, 3.05) is 0 Å². The van der Waals surface area contributed by atoms with Crippen LogP contribution in [0.5, 0.6) is 0 Å². The molecule has 7 heteroatoms. The van der Waals surface area contributed by atoms with Gasteiger partial charge in [-0.25, -0.2) is 14.5 Å². The van der Waals surface area contributed by atoms with Gasteiger partial charge in [0.05, 0.1) is 11.8 Å². The molecule has 2 aromatic rings. The zero-order chi connectivity index (χ0) is 25.0. The van der Waals surface area contributed by atoms with Gasteiger partial charge in [0.1, 0.15) is 12.7 Å². The fourth-order valence-corrected chi connectivity index (χ4v) is 5.29. The lowest BCUT2D eigenvalue weighted by atomic mass is 9.73. The van der Waals surface area contributed by atoms with Crippen LogP contribution >= 0.6 is 11.6 Å². The smallest absolute Gasteiger partial charge is 0.333 e. The van der Waals surface area contributed by atoms with E-state index in [2.05, 4.69) is 30.9 Å². The van der Waals surface area contributed by atoms with Gasteiger partial charge < -0.3 is 9.84 Å². The molecule has 3 rings (SSSR count). The summed E-state index contributed by atoms with van der Waals surface area (Å²) in [6.45, 7) is 12.8. The molecule has 0 radical (unpaired) electrons. The fraction of sp³-hybridized carbons (Fsp3) is 0.593. The Morgan fingerprint density at radius 1 is 1.24 bits per heavy atom. The highest BCUT2D eigenvalue weighted by atomic mass is 35.5. The summed E-state index contributed by atoms with van der Waals surface area (Å²) < 4.78 is 8.26. The first-order valence-electron chi connectivity index (χ1n) is 12.2. The zero-order valence-electron chi connectivity index (χ0n) is 21.1. The second-order valence-corrected chi connectivity index (χ2v) is 11.5. The van der Waals surface area contributed by atoms with Crippen LogP contribution in [0.3, 0.4) is 0 Å². The summed E-state index contributed by atoms with van der Waals surface area (Å²) in [5.74, 6) is -0.148. The monoisotopic (exact) mass is 487 g/mol. The minimum absolute atomic E-state index is 0.0952. The van der Waals surface area contributed by atoms with E-state index in [1.807, 2.05) is 51.1 Å². The first-order chi connectivity index (χ1) is 16.0. The summed E-state index contributed by atoms with van der Waals surface area (Å²) >= 11 is 6.09. The van der Waals surface area contributed by atoms with Crippen LogP contribution in [0.15, 0.2) is 36.9 Å². The number of benzene rings is 1. The number of nitrogens with zero attached hydrogens (tertiary/aromatic N) is 3. The molecule has 5 atom stereocenters. The molecule has 1 aromatic heterocycles. The molecule has 6 nitrogen and oxygen atoms in total. The number of carboxylic acids is 1. The van der Waals surface area contributed by atoms with Crippen molar-refractivity contribution >= 4 is 29.3 Å². The van der Waals surface area contributed by atoms with Crippen LogP contribution in [0.2, 0.25) is 5.02 Å². The highest BCUT2D eigenvalue weighted by Gasteiger charge is 2.44. The molecular weight excluding hydrogens is 450 g/mol. The highest BCUT2D eigenvalue weighted by molar-refractivity contribution is 6.30. The van der Waals surface area contributed by atoms with Crippen LogP contribution in [0.1, 0.15) is 66.4 Å². The molecule has 1 aliphatic rings. The first kappa shape index (κ1) is 26.4. The first-order valence-corrected chi connectivity index (χ1v) is 12.6. The second-order valence-electron chi connectivity index (χ2n) is 11.1. The van der Waals surface area contributed by atoms with Crippen molar-refractivity contribution in [1.82, 2.24) is 14.8 Å². The van der Waals surface area contributed by atoms with Gasteiger partial charge in [-0.15, -0.1) is 0 Å². The molecular formula is C27H38ClN3O3. The van der Waals surface area contributed by atoms with Crippen molar-refractivity contribution in [1.29, 1.82) is 0 Å². The minimum Gasteiger partial charge on any atom is -0.479 e. The number of hydrogen-bond donors (Lipinski definition) is 1. The highest BCUT2D eigenvalue weighted by Crippen LogP contribution is 2.42. The third kappa shape index (κ3) is 6.48. The van der Waals surface area contributed by atoms with Gasteiger partial charge in [-0.05, 0) is 59.8 Å². The lowest BCUT2D eigenvalue weighted by molar-refractivity contribution is -0.168. The summed E-state index contributed by atoms with van der Waals surface area (Å²) in [4.78, 5) is 16.9. The summed E-state index contributed by atoms with van der Waals surface area (Å²) in [7, 11) is 0. The van der Waals surface area contributed by atoms with Gasteiger partial charge in [0, 0.05) is 10.9 Å². The molecule has 0 aliphatic heterocycles. The predicted molar refractivity (Wildman–Crippen MR) is 136 cm³/mol. The number of halogens is 1. The normalized spacial score (nSPS) is 23.6. The van der Waals surface area contributed by atoms with Crippen LogP contribution in [-0.2, 0) is 9.53 Å². The van der Waals surface area contributed by atoms with Gasteiger partial charge >= 0.3 is 5.97 Å². The maximum atomic E-state index is 12.8. The maximum absolute atomic E-state index is 12.8. The number of aromatic nitrogens is 3. The zero-order valence-corrected chi connectivity index (χ0v) is 21.9. The van der Waals surface area contributed by atoms with E-state index in [9.17, 15) is 9.90 Å². The Kier molecular flexibility index (Phi) is 8.58. The van der Waals surface area contributed by atoms with Crippen molar-refractivity contribution in [2.24, 2.45) is 29.1 Å². The van der Waals surface area contributed by atoms with Gasteiger partial charge in [-0.2, -0.15) is 5.10 Å². The molecule has 34 heavy (non-hydrogen) atoms. The lowest BCUT2D eigenvalue weighted by Crippen LogP contribution is -2.46. The van der Waals surface area contributed by atoms with Crippen LogP contribution < -0.4 is 0 Å². The van der Waals surface area contributed by atoms with Crippen molar-refractivity contribution < 1.29 is 14.6 Å². The molecule has 1 aromatic carbocycles. The number of carboxylic acid groups (broad SMARTS) is 1. The van der Waals surface area contributed by atoms with E-state index in [0.717, 1.165) is 30.5 Å². The molecule has 186 valence electrons. The van der Waals surface area contributed by atoms with Gasteiger partial charge in [0.25, 0.3) is 0 Å². The number of ether oxygens (including phenoxy) is 1. The molecule has 0 saturated heterocycles.